The summed E-state index contributed by atoms with van der Waals surface area (Å²) >= 11 is 0. The molecule has 0 spiro atoms. The summed E-state index contributed by atoms with van der Waals surface area (Å²) in [6.45, 7) is 2.11. The van der Waals surface area contributed by atoms with Crippen LogP contribution >= 0.6 is 0 Å². The zero-order valence-electron chi connectivity index (χ0n) is 19.7. The highest BCUT2D eigenvalue weighted by Crippen LogP contribution is 2.61. The zero-order valence-corrected chi connectivity index (χ0v) is 19.7. The number of rotatable bonds is 10. The maximum Gasteiger partial charge on any atom is 0.460 e. The standard InChI is InChI=1S/C23H31F13/c1-2-3-14-4-8-16(9-5-14)17-10-6-15(7-11-17)12-13-18(24,25)19(26,27)20(28,29)21(30,31)22(32,33)23(34,35)36/h14-17H,2-13H2,1H3/t14-,15-,16-,17-. The first-order valence-electron chi connectivity index (χ1n) is 12.2. The van der Waals surface area contributed by atoms with Crippen molar-refractivity contribution in [2.45, 2.75) is 120 Å². The molecule has 0 heterocycles. The molecule has 2 aliphatic rings. The maximum atomic E-state index is 14.0. The summed E-state index contributed by atoms with van der Waals surface area (Å²) in [5, 5.41) is 0. The number of hydrogen-bond acceptors (Lipinski definition) is 0. The first-order chi connectivity index (χ1) is 16.2. The summed E-state index contributed by atoms with van der Waals surface area (Å²) in [4.78, 5) is 0. The molecule has 0 atom stereocenters. The fourth-order valence-electron chi connectivity index (χ4n) is 5.65. The molecule has 0 aromatic heterocycles. The lowest BCUT2D eigenvalue weighted by Crippen LogP contribution is -2.70. The van der Waals surface area contributed by atoms with Gasteiger partial charge < -0.3 is 0 Å². The molecule has 0 N–H and O–H groups in total. The van der Waals surface area contributed by atoms with Crippen LogP contribution in [0.4, 0.5) is 57.1 Å². The molecular formula is C23H31F13. The molecule has 0 saturated heterocycles. The predicted octanol–water partition coefficient (Wildman–Crippen LogP) is 9.92. The lowest BCUT2D eigenvalue weighted by atomic mass is 9.68. The van der Waals surface area contributed by atoms with E-state index < -0.39 is 54.5 Å². The Morgan fingerprint density at radius 2 is 0.833 bits per heavy atom. The summed E-state index contributed by atoms with van der Waals surface area (Å²) < 4.78 is 172. The average molecular weight is 554 g/mol. The minimum atomic E-state index is -7.82. The highest BCUT2D eigenvalue weighted by Gasteiger charge is 2.90. The van der Waals surface area contributed by atoms with Gasteiger partial charge in [0.05, 0.1) is 0 Å². The van der Waals surface area contributed by atoms with Gasteiger partial charge >= 0.3 is 35.8 Å². The first-order valence-corrected chi connectivity index (χ1v) is 12.2. The Labute approximate surface area is 201 Å². The molecule has 2 rings (SSSR count). The molecule has 0 unspecified atom stereocenters. The number of alkyl halides is 13. The van der Waals surface area contributed by atoms with E-state index in [4.69, 9.17) is 0 Å². The Hall–Kier alpha value is -0.910. The lowest BCUT2D eigenvalue weighted by molar-refractivity contribution is -0.440. The second-order valence-corrected chi connectivity index (χ2v) is 10.4. The Kier molecular flexibility index (Phi) is 9.30. The largest absolute Gasteiger partial charge is 0.460 e. The van der Waals surface area contributed by atoms with Crippen LogP contribution in [0.25, 0.3) is 0 Å². The zero-order chi connectivity index (χ0) is 27.8. The van der Waals surface area contributed by atoms with E-state index in [1.807, 2.05) is 0 Å². The van der Waals surface area contributed by atoms with Gasteiger partial charge in [0.2, 0.25) is 0 Å². The van der Waals surface area contributed by atoms with Gasteiger partial charge in [-0.2, -0.15) is 57.1 Å². The monoisotopic (exact) mass is 554 g/mol. The van der Waals surface area contributed by atoms with Crippen molar-refractivity contribution in [1.82, 2.24) is 0 Å². The Morgan fingerprint density at radius 3 is 1.19 bits per heavy atom. The van der Waals surface area contributed by atoms with Crippen molar-refractivity contribution in [2.24, 2.45) is 23.7 Å². The van der Waals surface area contributed by atoms with E-state index in [1.54, 1.807) is 0 Å². The van der Waals surface area contributed by atoms with E-state index in [-0.39, 0.29) is 0 Å². The fourth-order valence-corrected chi connectivity index (χ4v) is 5.65. The van der Waals surface area contributed by atoms with Gasteiger partial charge in [0.15, 0.2) is 0 Å². The minimum Gasteiger partial charge on any atom is -0.200 e. The molecule has 2 aliphatic carbocycles. The van der Waals surface area contributed by atoms with Gasteiger partial charge in [-0.15, -0.1) is 0 Å². The Bertz CT molecular complexity index is 697. The predicted molar refractivity (Wildman–Crippen MR) is 106 cm³/mol. The van der Waals surface area contributed by atoms with Crippen molar-refractivity contribution in [3.05, 3.63) is 0 Å². The third-order valence-corrected chi connectivity index (χ3v) is 8.01. The van der Waals surface area contributed by atoms with Crippen LogP contribution in [-0.2, 0) is 0 Å². The normalized spacial score (nSPS) is 27.8. The van der Waals surface area contributed by atoms with E-state index in [9.17, 15) is 57.1 Å². The highest BCUT2D eigenvalue weighted by molar-refractivity contribution is 5.10. The van der Waals surface area contributed by atoms with Gasteiger partial charge in [-0.3, -0.25) is 0 Å². The molecule has 0 aliphatic heterocycles. The quantitative estimate of drug-likeness (QED) is 0.236. The van der Waals surface area contributed by atoms with Crippen LogP contribution in [-0.4, -0.2) is 35.8 Å². The molecule has 0 aromatic rings. The molecule has 13 heteroatoms. The smallest absolute Gasteiger partial charge is 0.200 e. The van der Waals surface area contributed by atoms with Crippen molar-refractivity contribution in [3.8, 4) is 0 Å². The molecule has 2 fully saturated rings. The van der Waals surface area contributed by atoms with Gasteiger partial charge in [0.25, 0.3) is 0 Å². The fraction of sp³-hybridized carbons (Fsp3) is 1.00. The SMILES string of the molecule is CCC[C@H]1CC[C@H]([C@H]2CC[C@H](CCC(F)(F)C(F)(F)C(F)(F)C(F)(F)C(F)(F)C(F)(F)F)CC2)CC1. The van der Waals surface area contributed by atoms with Crippen LogP contribution in [0.5, 0.6) is 0 Å². The Balaban J connectivity index is 1.98. The summed E-state index contributed by atoms with van der Waals surface area (Å²) in [6.07, 6.45) is -1.90. The van der Waals surface area contributed by atoms with E-state index in [0.29, 0.717) is 43.4 Å². The molecule has 0 amide bonds. The van der Waals surface area contributed by atoms with Crippen LogP contribution in [0, 0.1) is 23.7 Å². The van der Waals surface area contributed by atoms with Crippen molar-refractivity contribution < 1.29 is 57.1 Å². The van der Waals surface area contributed by atoms with E-state index in [2.05, 4.69) is 6.92 Å². The second-order valence-electron chi connectivity index (χ2n) is 10.4. The van der Waals surface area contributed by atoms with Crippen molar-refractivity contribution >= 4 is 0 Å². The second kappa shape index (κ2) is 10.7. The first kappa shape index (κ1) is 31.3. The lowest BCUT2D eigenvalue weighted by Gasteiger charge is -2.40. The summed E-state index contributed by atoms with van der Waals surface area (Å²) in [6, 6.07) is 0. The summed E-state index contributed by atoms with van der Waals surface area (Å²) in [5.74, 6) is -35.5. The van der Waals surface area contributed by atoms with E-state index >= 15 is 0 Å². The van der Waals surface area contributed by atoms with Gasteiger partial charge in [0.1, 0.15) is 0 Å². The van der Waals surface area contributed by atoms with Crippen LogP contribution in [0.15, 0.2) is 0 Å². The highest BCUT2D eigenvalue weighted by atomic mass is 19.4. The molecule has 2 saturated carbocycles. The molecule has 36 heavy (non-hydrogen) atoms. The van der Waals surface area contributed by atoms with Crippen molar-refractivity contribution in [1.29, 1.82) is 0 Å². The molecule has 0 nitrogen and oxygen atoms in total. The molecule has 0 radical (unpaired) electrons. The van der Waals surface area contributed by atoms with Crippen LogP contribution in [0.1, 0.15) is 84.0 Å². The van der Waals surface area contributed by atoms with Gasteiger partial charge in [-0.25, -0.2) is 0 Å². The number of halogens is 13. The van der Waals surface area contributed by atoms with Crippen LogP contribution in [0.2, 0.25) is 0 Å². The van der Waals surface area contributed by atoms with Crippen LogP contribution in [0.3, 0.4) is 0 Å². The van der Waals surface area contributed by atoms with Crippen molar-refractivity contribution in [3.63, 3.8) is 0 Å². The maximum absolute atomic E-state index is 14.0. The van der Waals surface area contributed by atoms with Gasteiger partial charge in [-0.05, 0) is 55.8 Å². The topological polar surface area (TPSA) is 0 Å². The molecule has 0 bridgehead atoms. The summed E-state index contributed by atoms with van der Waals surface area (Å²) in [5.41, 5.74) is 0. The number of hydrogen-bond donors (Lipinski definition) is 0. The average Bonchev–Trinajstić information content (AvgIpc) is 2.77. The third-order valence-electron chi connectivity index (χ3n) is 8.01. The Morgan fingerprint density at radius 1 is 0.472 bits per heavy atom. The molecule has 0 aromatic carbocycles. The third kappa shape index (κ3) is 5.73. The van der Waals surface area contributed by atoms with E-state index in [1.165, 1.54) is 0 Å². The van der Waals surface area contributed by atoms with Gasteiger partial charge in [0, 0.05) is 6.42 Å². The minimum absolute atomic E-state index is 0.304. The van der Waals surface area contributed by atoms with Crippen molar-refractivity contribution in [2.75, 3.05) is 0 Å². The van der Waals surface area contributed by atoms with E-state index in [0.717, 1.165) is 38.5 Å². The van der Waals surface area contributed by atoms with Crippen LogP contribution < -0.4 is 0 Å². The van der Waals surface area contributed by atoms with Gasteiger partial charge in [-0.1, -0.05) is 45.4 Å². The summed E-state index contributed by atoms with van der Waals surface area (Å²) in [7, 11) is 0. The molecule has 214 valence electrons. The molecular weight excluding hydrogens is 523 g/mol.